The minimum absolute atomic E-state index is 0.0515. The van der Waals surface area contributed by atoms with Gasteiger partial charge in [0, 0.05) is 11.0 Å². The van der Waals surface area contributed by atoms with Crippen molar-refractivity contribution in [2.45, 2.75) is 13.5 Å². The molecule has 0 amide bonds. The van der Waals surface area contributed by atoms with Crippen LogP contribution >= 0.6 is 15.9 Å². The molecule has 0 fully saturated rings. The van der Waals surface area contributed by atoms with Crippen molar-refractivity contribution < 1.29 is 0 Å². The molecule has 0 atom stereocenters. The third-order valence-corrected chi connectivity index (χ3v) is 2.70. The number of rotatable bonds is 1. The lowest BCUT2D eigenvalue weighted by Gasteiger charge is -1.99. The summed E-state index contributed by atoms with van der Waals surface area (Å²) >= 11 is 3.42. The van der Waals surface area contributed by atoms with E-state index in [4.69, 9.17) is 0 Å². The van der Waals surface area contributed by atoms with E-state index >= 15 is 0 Å². The molecular weight excluding hydrogens is 232 g/mol. The Morgan fingerprint density at radius 2 is 2.31 bits per heavy atom. The van der Waals surface area contributed by atoms with Crippen LogP contribution in [0.4, 0.5) is 0 Å². The third-order valence-electron chi connectivity index (χ3n) is 2.06. The maximum absolute atomic E-state index is 11.4. The predicted octanol–water partition coefficient (Wildman–Crippen LogP) is 2.11. The Hall–Kier alpha value is -1.03. The van der Waals surface area contributed by atoms with Gasteiger partial charge in [0.25, 0.3) is 0 Å². The molecule has 1 aromatic carbocycles. The maximum Gasteiger partial charge on any atom is 0.326 e. The second-order valence-electron chi connectivity index (χ2n) is 2.81. The largest absolute Gasteiger partial charge is 0.326 e. The fourth-order valence-corrected chi connectivity index (χ4v) is 2.06. The molecule has 1 N–H and O–H groups in total. The molecule has 68 valence electrons. The normalized spacial score (nSPS) is 10.9. The smallest absolute Gasteiger partial charge is 0.305 e. The highest BCUT2D eigenvalue weighted by Crippen LogP contribution is 2.20. The summed E-state index contributed by atoms with van der Waals surface area (Å²) in [7, 11) is 0. The number of hydrogen-bond acceptors (Lipinski definition) is 1. The summed E-state index contributed by atoms with van der Waals surface area (Å²) < 4.78 is 2.66. The van der Waals surface area contributed by atoms with E-state index in [0.717, 1.165) is 15.5 Å². The molecule has 0 bridgehead atoms. The van der Waals surface area contributed by atoms with Crippen LogP contribution in [0.2, 0.25) is 0 Å². The Labute approximate surface area is 83.5 Å². The number of nitrogens with zero attached hydrogens (tertiary/aromatic N) is 1. The van der Waals surface area contributed by atoms with E-state index in [9.17, 15) is 4.79 Å². The first-order valence-electron chi connectivity index (χ1n) is 4.11. The van der Waals surface area contributed by atoms with Gasteiger partial charge in [-0.05, 0) is 35.0 Å². The molecule has 0 saturated carbocycles. The molecule has 2 rings (SSSR count). The molecule has 1 aromatic heterocycles. The van der Waals surface area contributed by atoms with Crippen molar-refractivity contribution >= 4 is 27.0 Å². The minimum Gasteiger partial charge on any atom is -0.305 e. The Kier molecular flexibility index (Phi) is 2.00. The van der Waals surface area contributed by atoms with E-state index in [1.165, 1.54) is 0 Å². The number of aromatic nitrogens is 2. The standard InChI is InChI=1S/C9H9BrN2O/c1-2-12-8-6(10)4-3-5-7(8)11-9(12)13/h3-5H,2H2,1H3,(H,11,13). The molecule has 0 saturated heterocycles. The summed E-state index contributed by atoms with van der Waals surface area (Å²) in [5, 5.41) is 0. The van der Waals surface area contributed by atoms with Gasteiger partial charge < -0.3 is 4.98 Å². The minimum atomic E-state index is -0.0515. The number of imidazole rings is 1. The van der Waals surface area contributed by atoms with Gasteiger partial charge in [-0.2, -0.15) is 0 Å². The first-order chi connectivity index (χ1) is 6.24. The average Bonchev–Trinajstić information content (AvgIpc) is 2.42. The van der Waals surface area contributed by atoms with Gasteiger partial charge in [0.1, 0.15) is 0 Å². The Bertz CT molecular complexity index is 498. The van der Waals surface area contributed by atoms with E-state index in [0.29, 0.717) is 6.54 Å². The van der Waals surface area contributed by atoms with E-state index in [1.54, 1.807) is 4.57 Å². The first-order valence-corrected chi connectivity index (χ1v) is 4.90. The summed E-state index contributed by atoms with van der Waals surface area (Å²) in [4.78, 5) is 14.2. The summed E-state index contributed by atoms with van der Waals surface area (Å²) in [5.41, 5.74) is 1.76. The number of aryl methyl sites for hydroxylation is 1. The van der Waals surface area contributed by atoms with Crippen LogP contribution < -0.4 is 5.69 Å². The average molecular weight is 241 g/mol. The lowest BCUT2D eigenvalue weighted by Crippen LogP contribution is -2.15. The van der Waals surface area contributed by atoms with Crippen molar-refractivity contribution in [2.24, 2.45) is 0 Å². The van der Waals surface area contributed by atoms with Crippen LogP contribution in [-0.2, 0) is 6.54 Å². The molecule has 0 aliphatic carbocycles. The van der Waals surface area contributed by atoms with Gasteiger partial charge >= 0.3 is 5.69 Å². The molecule has 0 aliphatic heterocycles. The first kappa shape index (κ1) is 8.56. The highest BCUT2D eigenvalue weighted by molar-refractivity contribution is 9.10. The van der Waals surface area contributed by atoms with Gasteiger partial charge in [-0.25, -0.2) is 4.79 Å². The maximum atomic E-state index is 11.4. The summed E-state index contributed by atoms with van der Waals surface area (Å²) in [5.74, 6) is 0. The van der Waals surface area contributed by atoms with E-state index in [1.807, 2.05) is 25.1 Å². The van der Waals surface area contributed by atoms with Crippen LogP contribution in [0.25, 0.3) is 11.0 Å². The summed E-state index contributed by atoms with van der Waals surface area (Å²) in [6.45, 7) is 2.63. The van der Waals surface area contributed by atoms with Gasteiger partial charge in [0.05, 0.1) is 11.0 Å². The number of fused-ring (bicyclic) bond motifs is 1. The molecule has 4 heteroatoms. The molecule has 0 radical (unpaired) electrons. The van der Waals surface area contributed by atoms with Crippen molar-refractivity contribution in [3.05, 3.63) is 33.2 Å². The van der Waals surface area contributed by atoms with Crippen LogP contribution in [0.15, 0.2) is 27.5 Å². The number of benzene rings is 1. The van der Waals surface area contributed by atoms with Crippen molar-refractivity contribution in [3.8, 4) is 0 Å². The lowest BCUT2D eigenvalue weighted by atomic mass is 10.3. The Morgan fingerprint density at radius 1 is 1.54 bits per heavy atom. The molecule has 0 spiro atoms. The van der Waals surface area contributed by atoms with Gasteiger partial charge in [-0.3, -0.25) is 4.57 Å². The second kappa shape index (κ2) is 3.03. The van der Waals surface area contributed by atoms with Gasteiger partial charge in [0.2, 0.25) is 0 Å². The molecule has 0 aliphatic rings. The summed E-state index contributed by atoms with van der Waals surface area (Å²) in [6.07, 6.45) is 0. The van der Waals surface area contributed by atoms with E-state index in [-0.39, 0.29) is 5.69 Å². The van der Waals surface area contributed by atoms with Crippen molar-refractivity contribution in [3.63, 3.8) is 0 Å². The van der Waals surface area contributed by atoms with Crippen LogP contribution in [0, 0.1) is 0 Å². The molecule has 2 aromatic rings. The Morgan fingerprint density at radius 3 is 3.00 bits per heavy atom. The Balaban J connectivity index is 2.96. The van der Waals surface area contributed by atoms with Crippen LogP contribution in [0.1, 0.15) is 6.92 Å². The van der Waals surface area contributed by atoms with Crippen LogP contribution in [0.5, 0.6) is 0 Å². The zero-order chi connectivity index (χ0) is 9.42. The predicted molar refractivity (Wildman–Crippen MR) is 55.9 cm³/mol. The van der Waals surface area contributed by atoms with Crippen molar-refractivity contribution in [2.75, 3.05) is 0 Å². The highest BCUT2D eigenvalue weighted by Gasteiger charge is 2.06. The molecule has 13 heavy (non-hydrogen) atoms. The quantitative estimate of drug-likeness (QED) is 0.815. The molecule has 0 unspecified atom stereocenters. The molecule has 1 heterocycles. The SMILES string of the molecule is CCn1c(=O)[nH]c2cccc(Br)c21. The fourth-order valence-electron chi connectivity index (χ4n) is 1.48. The van der Waals surface area contributed by atoms with Crippen LogP contribution in [-0.4, -0.2) is 9.55 Å². The van der Waals surface area contributed by atoms with Crippen LogP contribution in [0.3, 0.4) is 0 Å². The number of H-pyrrole nitrogens is 1. The monoisotopic (exact) mass is 240 g/mol. The molecule has 3 nitrogen and oxygen atoms in total. The topological polar surface area (TPSA) is 37.8 Å². The zero-order valence-electron chi connectivity index (χ0n) is 7.17. The number of aromatic amines is 1. The second-order valence-corrected chi connectivity index (χ2v) is 3.66. The van der Waals surface area contributed by atoms with Gasteiger partial charge in [-0.15, -0.1) is 0 Å². The van der Waals surface area contributed by atoms with Crippen molar-refractivity contribution in [1.29, 1.82) is 0 Å². The van der Waals surface area contributed by atoms with Gasteiger partial charge in [-0.1, -0.05) is 6.07 Å². The van der Waals surface area contributed by atoms with Crippen molar-refractivity contribution in [1.82, 2.24) is 9.55 Å². The van der Waals surface area contributed by atoms with E-state index in [2.05, 4.69) is 20.9 Å². The lowest BCUT2D eigenvalue weighted by molar-refractivity contribution is 0.752. The number of halogens is 1. The number of hydrogen-bond donors (Lipinski definition) is 1. The zero-order valence-corrected chi connectivity index (χ0v) is 8.76. The van der Waals surface area contributed by atoms with Gasteiger partial charge in [0.15, 0.2) is 0 Å². The van der Waals surface area contributed by atoms with E-state index < -0.39 is 0 Å². The summed E-state index contributed by atoms with van der Waals surface area (Å²) in [6, 6.07) is 5.73. The number of nitrogens with one attached hydrogen (secondary N) is 1. The highest BCUT2D eigenvalue weighted by atomic mass is 79.9. The third kappa shape index (κ3) is 1.21. The number of para-hydroxylation sites is 1. The molecular formula is C9H9BrN2O. The fraction of sp³-hybridized carbons (Fsp3) is 0.222.